The fourth-order valence-electron chi connectivity index (χ4n) is 2.36. The van der Waals surface area contributed by atoms with Crippen molar-refractivity contribution in [2.24, 2.45) is 0 Å². The number of nitrogens with one attached hydrogen (secondary N) is 3. The normalized spacial score (nSPS) is 13.1. The number of carbonyl (C=O) groups is 1. The topological polar surface area (TPSA) is 82.7 Å². The summed E-state index contributed by atoms with van der Waals surface area (Å²) in [5.41, 5.74) is 3.69. The summed E-state index contributed by atoms with van der Waals surface area (Å²) in [5.74, 6) is -0.116. The van der Waals surface area contributed by atoms with E-state index in [-0.39, 0.29) is 18.3 Å². The SMILES string of the molecule is Cl.O=C(NCCc1cccnc1)c1n[nH]c2c1CNCC2. The Labute approximate surface area is 129 Å². The van der Waals surface area contributed by atoms with E-state index in [1.807, 2.05) is 18.3 Å². The van der Waals surface area contributed by atoms with Crippen molar-refractivity contribution >= 4 is 18.3 Å². The van der Waals surface area contributed by atoms with Crippen molar-refractivity contribution < 1.29 is 4.79 Å². The molecule has 3 N–H and O–H groups in total. The van der Waals surface area contributed by atoms with E-state index in [9.17, 15) is 4.79 Å². The molecule has 7 heteroatoms. The molecule has 0 saturated carbocycles. The van der Waals surface area contributed by atoms with E-state index < -0.39 is 0 Å². The quantitative estimate of drug-likeness (QED) is 0.782. The minimum Gasteiger partial charge on any atom is -0.350 e. The third kappa shape index (κ3) is 3.59. The molecule has 0 unspecified atom stereocenters. The molecular weight excluding hydrogens is 290 g/mol. The lowest BCUT2D eigenvalue weighted by Crippen LogP contribution is -2.29. The molecule has 1 amide bonds. The molecule has 1 aliphatic heterocycles. The number of amides is 1. The van der Waals surface area contributed by atoms with Gasteiger partial charge in [0.15, 0.2) is 5.69 Å². The number of aromatic nitrogens is 3. The standard InChI is InChI=1S/C14H17N5O.ClH/c20-14(17-7-3-10-2-1-5-15-8-10)13-11-9-16-6-4-12(11)18-19-13;/h1-2,5,8,16H,3-4,6-7,9H2,(H,17,20)(H,18,19);1H. The molecular formula is C14H18ClN5O. The summed E-state index contributed by atoms with van der Waals surface area (Å²) < 4.78 is 0. The van der Waals surface area contributed by atoms with Crippen LogP contribution in [-0.4, -0.2) is 34.2 Å². The van der Waals surface area contributed by atoms with E-state index in [0.29, 0.717) is 18.8 Å². The Morgan fingerprint density at radius 3 is 3.14 bits per heavy atom. The van der Waals surface area contributed by atoms with Crippen LogP contribution in [0.5, 0.6) is 0 Å². The van der Waals surface area contributed by atoms with Gasteiger partial charge in [-0.15, -0.1) is 12.4 Å². The van der Waals surface area contributed by atoms with Crippen LogP contribution >= 0.6 is 12.4 Å². The number of pyridine rings is 1. The van der Waals surface area contributed by atoms with E-state index in [4.69, 9.17) is 0 Å². The van der Waals surface area contributed by atoms with Gasteiger partial charge in [-0.25, -0.2) is 0 Å². The van der Waals surface area contributed by atoms with Gasteiger partial charge in [-0.3, -0.25) is 14.9 Å². The fraction of sp³-hybridized carbons (Fsp3) is 0.357. The van der Waals surface area contributed by atoms with Gasteiger partial charge in [0.2, 0.25) is 0 Å². The van der Waals surface area contributed by atoms with Crippen LogP contribution in [0.2, 0.25) is 0 Å². The summed E-state index contributed by atoms with van der Waals surface area (Å²) in [4.78, 5) is 16.2. The van der Waals surface area contributed by atoms with Gasteiger partial charge in [0, 0.05) is 49.7 Å². The van der Waals surface area contributed by atoms with Gasteiger partial charge in [0.25, 0.3) is 5.91 Å². The van der Waals surface area contributed by atoms with Crippen LogP contribution in [0.3, 0.4) is 0 Å². The Balaban J connectivity index is 0.00000161. The van der Waals surface area contributed by atoms with Gasteiger partial charge >= 0.3 is 0 Å². The first-order valence-electron chi connectivity index (χ1n) is 6.78. The lowest BCUT2D eigenvalue weighted by molar-refractivity contribution is 0.0948. The lowest BCUT2D eigenvalue weighted by Gasteiger charge is -2.12. The number of H-pyrrole nitrogens is 1. The van der Waals surface area contributed by atoms with Crippen LogP contribution in [0.25, 0.3) is 0 Å². The third-order valence-electron chi connectivity index (χ3n) is 3.44. The van der Waals surface area contributed by atoms with E-state index >= 15 is 0 Å². The zero-order valence-corrected chi connectivity index (χ0v) is 12.4. The molecule has 0 aliphatic carbocycles. The first-order valence-corrected chi connectivity index (χ1v) is 6.78. The van der Waals surface area contributed by atoms with Crippen LogP contribution in [0.15, 0.2) is 24.5 Å². The molecule has 1 aliphatic rings. The molecule has 0 fully saturated rings. The number of hydrogen-bond donors (Lipinski definition) is 3. The van der Waals surface area contributed by atoms with Crippen LogP contribution in [-0.2, 0) is 19.4 Å². The van der Waals surface area contributed by atoms with Gasteiger partial charge in [-0.2, -0.15) is 5.10 Å². The number of aromatic amines is 1. The number of carbonyl (C=O) groups excluding carboxylic acids is 1. The second-order valence-corrected chi connectivity index (χ2v) is 4.82. The van der Waals surface area contributed by atoms with Crippen molar-refractivity contribution in [3.05, 3.63) is 47.0 Å². The summed E-state index contributed by atoms with van der Waals surface area (Å²) in [6.07, 6.45) is 5.22. The Morgan fingerprint density at radius 1 is 1.43 bits per heavy atom. The molecule has 0 spiro atoms. The van der Waals surface area contributed by atoms with Gasteiger partial charge in [-0.05, 0) is 18.1 Å². The molecule has 0 atom stereocenters. The number of rotatable bonds is 4. The summed E-state index contributed by atoms with van der Waals surface area (Å²) in [7, 11) is 0. The van der Waals surface area contributed by atoms with Gasteiger partial charge in [0.05, 0.1) is 0 Å². The average Bonchev–Trinajstić information content (AvgIpc) is 2.92. The molecule has 0 aromatic carbocycles. The monoisotopic (exact) mass is 307 g/mol. The van der Waals surface area contributed by atoms with Crippen molar-refractivity contribution in [3.63, 3.8) is 0 Å². The molecule has 0 saturated heterocycles. The maximum atomic E-state index is 12.1. The van der Waals surface area contributed by atoms with Gasteiger partial charge in [-0.1, -0.05) is 6.07 Å². The van der Waals surface area contributed by atoms with E-state index in [1.54, 1.807) is 6.20 Å². The van der Waals surface area contributed by atoms with E-state index in [2.05, 4.69) is 25.8 Å². The summed E-state index contributed by atoms with van der Waals surface area (Å²) in [6, 6.07) is 3.90. The fourth-order valence-corrected chi connectivity index (χ4v) is 2.36. The predicted molar refractivity (Wildman–Crippen MR) is 81.5 cm³/mol. The Kier molecular flexibility index (Phi) is 5.30. The first-order chi connectivity index (χ1) is 9.84. The summed E-state index contributed by atoms with van der Waals surface area (Å²) in [6.45, 7) is 2.22. The van der Waals surface area contributed by atoms with Crippen molar-refractivity contribution in [1.29, 1.82) is 0 Å². The molecule has 6 nitrogen and oxygen atoms in total. The molecule has 0 radical (unpaired) electrons. The van der Waals surface area contributed by atoms with Crippen LogP contribution in [0.4, 0.5) is 0 Å². The lowest BCUT2D eigenvalue weighted by atomic mass is 10.1. The molecule has 112 valence electrons. The van der Waals surface area contributed by atoms with Crippen LogP contribution in [0, 0.1) is 0 Å². The highest BCUT2D eigenvalue weighted by Crippen LogP contribution is 2.14. The molecule has 0 bridgehead atoms. The maximum Gasteiger partial charge on any atom is 0.272 e. The summed E-state index contributed by atoms with van der Waals surface area (Å²) >= 11 is 0. The van der Waals surface area contributed by atoms with Crippen molar-refractivity contribution in [1.82, 2.24) is 25.8 Å². The maximum absolute atomic E-state index is 12.1. The number of hydrogen-bond acceptors (Lipinski definition) is 4. The van der Waals surface area contributed by atoms with Crippen LogP contribution in [0.1, 0.15) is 27.3 Å². The smallest absolute Gasteiger partial charge is 0.272 e. The predicted octanol–water partition coefficient (Wildman–Crippen LogP) is 0.845. The van der Waals surface area contributed by atoms with Crippen molar-refractivity contribution in [2.75, 3.05) is 13.1 Å². The minimum atomic E-state index is -0.116. The molecule has 2 aromatic rings. The molecule has 2 aromatic heterocycles. The minimum absolute atomic E-state index is 0. The first kappa shape index (κ1) is 15.5. The molecule has 21 heavy (non-hydrogen) atoms. The largest absolute Gasteiger partial charge is 0.350 e. The van der Waals surface area contributed by atoms with E-state index in [1.165, 1.54) is 0 Å². The number of halogens is 1. The van der Waals surface area contributed by atoms with E-state index in [0.717, 1.165) is 36.2 Å². The van der Waals surface area contributed by atoms with Crippen molar-refractivity contribution in [3.8, 4) is 0 Å². The van der Waals surface area contributed by atoms with Crippen molar-refractivity contribution in [2.45, 2.75) is 19.4 Å². The van der Waals surface area contributed by atoms with Gasteiger partial charge in [0.1, 0.15) is 0 Å². The Bertz CT molecular complexity index is 599. The number of nitrogens with zero attached hydrogens (tertiary/aromatic N) is 2. The third-order valence-corrected chi connectivity index (χ3v) is 3.44. The highest BCUT2D eigenvalue weighted by atomic mass is 35.5. The van der Waals surface area contributed by atoms with Crippen LogP contribution < -0.4 is 10.6 Å². The molecule has 3 heterocycles. The highest BCUT2D eigenvalue weighted by Gasteiger charge is 2.20. The summed E-state index contributed by atoms with van der Waals surface area (Å²) in [5, 5.41) is 13.3. The second-order valence-electron chi connectivity index (χ2n) is 4.82. The zero-order chi connectivity index (χ0) is 13.8. The zero-order valence-electron chi connectivity index (χ0n) is 11.6. The average molecular weight is 308 g/mol. The Morgan fingerprint density at radius 2 is 2.33 bits per heavy atom. The number of fused-ring (bicyclic) bond motifs is 1. The highest BCUT2D eigenvalue weighted by molar-refractivity contribution is 5.94. The second kappa shape index (κ2) is 7.19. The van der Waals surface area contributed by atoms with Gasteiger partial charge < -0.3 is 10.6 Å². The molecule has 3 rings (SSSR count). The Hall–Kier alpha value is -1.92.